The molecule has 2 heterocycles. The largest absolute Gasteiger partial charge is 0.363 e. The molecule has 0 atom stereocenters. The van der Waals surface area contributed by atoms with E-state index in [1.807, 2.05) is 0 Å². The normalized spacial score (nSPS) is 22.6. The van der Waals surface area contributed by atoms with Gasteiger partial charge in [-0.1, -0.05) is 25.0 Å². The van der Waals surface area contributed by atoms with E-state index in [0.29, 0.717) is 4.68 Å². The highest BCUT2D eigenvalue weighted by atomic mass is 16.5. The van der Waals surface area contributed by atoms with Crippen LogP contribution in [0.3, 0.4) is 0 Å². The molecule has 1 saturated heterocycles. The Kier molecular flexibility index (Phi) is 3.73. The minimum Gasteiger partial charge on any atom is -0.358 e. The molecule has 0 saturated carbocycles. The zero-order valence-electron chi connectivity index (χ0n) is 26.4. The predicted molar refractivity (Wildman–Crippen MR) is 110 cm³/mol. The van der Waals surface area contributed by atoms with Gasteiger partial charge in [0.05, 0.1) is 16.1 Å². The van der Waals surface area contributed by atoms with Gasteiger partial charge in [-0.2, -0.15) is 9.36 Å². The zero-order valence-corrected chi connectivity index (χ0v) is 16.4. The Morgan fingerprint density at radius 2 is 2.00 bits per heavy atom. The minimum absolute atomic E-state index is 0.0228. The first-order chi connectivity index (χ1) is 18.0. The SMILES string of the molecule is [2H]c1c([2H])c([2H])c(N(C(=O)CC([2H])([2H])[2H])C2(OC)CCN(CC([2H])([2H])n3nnn(CC)c3=O)CC2)c([2H])c1[2H]. The van der Waals surface area contributed by atoms with E-state index < -0.39 is 73.0 Å². The fourth-order valence-electron chi connectivity index (χ4n) is 3.31. The van der Waals surface area contributed by atoms with Crippen LogP contribution in [0.25, 0.3) is 0 Å². The maximum atomic E-state index is 13.4. The number of ether oxygens (including phenoxy) is 1. The number of rotatable bonds is 8. The predicted octanol–water partition coefficient (Wildman–Crippen LogP) is 1.34. The number of carbonyl (C=O) groups excluding carboxylic acids is 1. The Morgan fingerprint density at radius 1 is 1.31 bits per heavy atom. The van der Waals surface area contributed by atoms with Crippen molar-refractivity contribution in [1.29, 1.82) is 0 Å². The quantitative estimate of drug-likeness (QED) is 0.608. The molecule has 2 aromatic rings. The third-order valence-electron chi connectivity index (χ3n) is 4.92. The molecule has 3 rings (SSSR count). The molecular weight excluding hydrogens is 372 g/mol. The van der Waals surface area contributed by atoms with E-state index in [2.05, 4.69) is 10.4 Å². The van der Waals surface area contributed by atoms with Crippen molar-refractivity contribution in [2.45, 2.75) is 51.8 Å². The van der Waals surface area contributed by atoms with Crippen LogP contribution < -0.4 is 10.6 Å². The van der Waals surface area contributed by atoms with E-state index in [-0.39, 0.29) is 39.0 Å². The van der Waals surface area contributed by atoms with Crippen molar-refractivity contribution in [3.8, 4) is 0 Å². The third kappa shape index (κ3) is 4.40. The van der Waals surface area contributed by atoms with Crippen molar-refractivity contribution < 1.29 is 23.2 Å². The lowest BCUT2D eigenvalue weighted by Gasteiger charge is -2.47. The van der Waals surface area contributed by atoms with E-state index in [0.717, 1.165) is 9.58 Å². The molecule has 29 heavy (non-hydrogen) atoms. The Bertz CT molecular complexity index is 1260. The number of piperidine rings is 1. The summed E-state index contributed by atoms with van der Waals surface area (Å²) >= 11 is 0. The van der Waals surface area contributed by atoms with E-state index in [4.69, 9.17) is 18.4 Å². The van der Waals surface area contributed by atoms with Gasteiger partial charge in [0.1, 0.15) is 5.72 Å². The maximum Gasteiger partial charge on any atom is 0.363 e. The second-order valence-corrected chi connectivity index (χ2v) is 6.45. The van der Waals surface area contributed by atoms with Crippen LogP contribution in [0.4, 0.5) is 5.69 Å². The van der Waals surface area contributed by atoms with E-state index in [1.54, 1.807) is 11.8 Å². The molecule has 0 bridgehead atoms. The third-order valence-corrected chi connectivity index (χ3v) is 4.92. The Balaban J connectivity index is 1.98. The minimum atomic E-state index is -2.71. The number of anilines is 1. The summed E-state index contributed by atoms with van der Waals surface area (Å²) in [6.07, 6.45) is -1.02. The number of amides is 1. The van der Waals surface area contributed by atoms with Crippen molar-refractivity contribution in [3.63, 3.8) is 0 Å². The first-order valence-electron chi connectivity index (χ1n) is 14.2. The van der Waals surface area contributed by atoms with Crippen molar-refractivity contribution in [1.82, 2.24) is 24.7 Å². The number of benzene rings is 1. The smallest absolute Gasteiger partial charge is 0.358 e. The lowest BCUT2D eigenvalue weighted by atomic mass is 9.96. The lowest BCUT2D eigenvalue weighted by molar-refractivity contribution is -0.128. The van der Waals surface area contributed by atoms with E-state index in [1.165, 1.54) is 7.11 Å². The molecule has 1 aromatic heterocycles. The van der Waals surface area contributed by atoms with Crippen molar-refractivity contribution in [3.05, 3.63) is 40.7 Å². The van der Waals surface area contributed by atoms with E-state index >= 15 is 0 Å². The van der Waals surface area contributed by atoms with Gasteiger partial charge < -0.3 is 9.64 Å². The van der Waals surface area contributed by atoms with Gasteiger partial charge in [0.25, 0.3) is 0 Å². The standard InChI is InChI=1S/C20H30N6O3/c1-4-18(27)26(17-9-7-6-8-10-17)20(29-3)11-13-23(14-12-20)15-16-25-19(28)24(5-2)21-22-25/h6-10H,4-5,11-16H2,1-3H3/i1D3,6D,7D,8D,9D,10D,16D2. The second-order valence-electron chi connectivity index (χ2n) is 6.45. The fraction of sp³-hybridized carbons (Fsp3) is 0.600. The fourth-order valence-corrected chi connectivity index (χ4v) is 3.31. The maximum absolute atomic E-state index is 13.4. The average molecular weight is 413 g/mol. The van der Waals surface area contributed by atoms with Crippen LogP contribution in [-0.4, -0.2) is 63.1 Å². The highest BCUT2D eigenvalue weighted by molar-refractivity contribution is 5.94. The summed E-state index contributed by atoms with van der Waals surface area (Å²) in [6.45, 7) is -3.14. The zero-order chi connectivity index (χ0) is 29.5. The lowest BCUT2D eigenvalue weighted by Crippen LogP contribution is -2.59. The molecule has 1 aromatic carbocycles. The van der Waals surface area contributed by atoms with Gasteiger partial charge in [-0.15, -0.1) is 0 Å². The summed E-state index contributed by atoms with van der Waals surface area (Å²) < 4.78 is 87.7. The summed E-state index contributed by atoms with van der Waals surface area (Å²) in [5, 5.41) is 7.27. The molecule has 0 spiro atoms. The number of nitrogens with zero attached hydrogens (tertiary/aromatic N) is 6. The Morgan fingerprint density at radius 3 is 2.59 bits per heavy atom. The number of methoxy groups -OCH3 is 1. The number of likely N-dealkylation sites (tertiary alicyclic amines) is 1. The number of carbonyl (C=O) groups is 1. The number of aryl methyl sites for hydroxylation is 1. The molecule has 9 heteroatoms. The highest BCUT2D eigenvalue weighted by Gasteiger charge is 2.43. The van der Waals surface area contributed by atoms with Gasteiger partial charge in [0.2, 0.25) is 5.91 Å². The molecular formula is C20H30N6O3. The number of tetrazole rings is 1. The Labute approximate surface area is 184 Å². The monoisotopic (exact) mass is 412 g/mol. The van der Waals surface area contributed by atoms with Crippen LogP contribution in [0.2, 0.25) is 0 Å². The van der Waals surface area contributed by atoms with Gasteiger partial charge in [-0.25, -0.2) is 4.79 Å². The van der Waals surface area contributed by atoms with Gasteiger partial charge in [0.15, 0.2) is 0 Å². The molecule has 9 nitrogen and oxygen atoms in total. The van der Waals surface area contributed by atoms with Crippen LogP contribution in [0.5, 0.6) is 0 Å². The molecule has 1 fully saturated rings. The average Bonchev–Trinajstić information content (AvgIpc) is 3.25. The van der Waals surface area contributed by atoms with Crippen molar-refractivity contribution in [2.24, 2.45) is 0 Å². The molecule has 1 aliphatic heterocycles. The van der Waals surface area contributed by atoms with Gasteiger partial charge in [0, 0.05) is 62.4 Å². The summed E-state index contributed by atoms with van der Waals surface area (Å²) in [7, 11) is 1.27. The number of para-hydroxylation sites is 1. The molecule has 158 valence electrons. The summed E-state index contributed by atoms with van der Waals surface area (Å²) in [4.78, 5) is 28.3. The first kappa shape index (κ1) is 11.6. The summed E-state index contributed by atoms with van der Waals surface area (Å²) in [6, 6.07) is -3.43. The highest BCUT2D eigenvalue weighted by Crippen LogP contribution is 2.34. The summed E-state index contributed by atoms with van der Waals surface area (Å²) in [5.41, 5.74) is -2.81. The number of hydrogen-bond acceptors (Lipinski definition) is 6. The van der Waals surface area contributed by atoms with Gasteiger partial charge in [-0.05, 0) is 29.4 Å². The second kappa shape index (κ2) is 9.32. The number of aromatic nitrogens is 4. The van der Waals surface area contributed by atoms with Gasteiger partial charge >= 0.3 is 5.69 Å². The van der Waals surface area contributed by atoms with Crippen LogP contribution in [-0.2, 0) is 22.6 Å². The molecule has 0 radical (unpaired) electrons. The molecule has 0 N–H and O–H groups in total. The Hall–Kier alpha value is -2.52. The van der Waals surface area contributed by atoms with Crippen LogP contribution in [0, 0.1) is 0 Å². The molecule has 1 aliphatic rings. The topological polar surface area (TPSA) is 85.5 Å². The van der Waals surface area contributed by atoms with E-state index in [9.17, 15) is 9.59 Å². The van der Waals surface area contributed by atoms with Crippen LogP contribution in [0.15, 0.2) is 35.0 Å². The molecule has 0 aliphatic carbocycles. The first-order valence-corrected chi connectivity index (χ1v) is 9.20. The van der Waals surface area contributed by atoms with Gasteiger partial charge in [-0.3, -0.25) is 9.69 Å². The van der Waals surface area contributed by atoms with Crippen molar-refractivity contribution >= 4 is 11.6 Å². The van der Waals surface area contributed by atoms with Crippen LogP contribution in [0.1, 0.15) is 46.7 Å². The summed E-state index contributed by atoms with van der Waals surface area (Å²) in [5.74, 6) is -1.01. The van der Waals surface area contributed by atoms with Crippen LogP contribution >= 0.6 is 0 Å². The number of hydrogen-bond donors (Lipinski definition) is 0. The molecule has 1 amide bonds. The molecule has 0 unspecified atom stereocenters. The van der Waals surface area contributed by atoms with Crippen molar-refractivity contribution in [2.75, 3.05) is 31.6 Å².